The van der Waals surface area contributed by atoms with E-state index in [1.807, 2.05) is 60.7 Å². The summed E-state index contributed by atoms with van der Waals surface area (Å²) in [5.41, 5.74) is 1.92. The molecule has 33 heavy (non-hydrogen) atoms. The Morgan fingerprint density at radius 2 is 1.67 bits per heavy atom. The Morgan fingerprint density at radius 1 is 0.970 bits per heavy atom. The van der Waals surface area contributed by atoms with Gasteiger partial charge in [0.05, 0.1) is 26.4 Å². The highest BCUT2D eigenvalue weighted by atomic mass is 16.8. The molecule has 0 aromatic heterocycles. The highest BCUT2D eigenvalue weighted by Crippen LogP contribution is 2.40. The number of ether oxygens (including phenoxy) is 6. The van der Waals surface area contributed by atoms with E-state index >= 15 is 0 Å². The maximum absolute atomic E-state index is 14.2. The Bertz CT molecular complexity index is 871. The Kier molecular flexibility index (Phi) is 7.05. The first kappa shape index (κ1) is 22.9. The third-order valence-electron chi connectivity index (χ3n) is 6.67. The molecule has 0 amide bonds. The van der Waals surface area contributed by atoms with Crippen molar-refractivity contribution in [3.63, 3.8) is 0 Å². The average molecular weight is 458 g/mol. The molecule has 5 rings (SSSR count). The first-order chi connectivity index (χ1) is 16.2. The second-order valence-corrected chi connectivity index (χ2v) is 8.72. The molecule has 0 spiro atoms. The fraction of sp³-hybridized carbons (Fsp3) is 0.520. The van der Waals surface area contributed by atoms with E-state index in [0.717, 1.165) is 11.1 Å². The van der Waals surface area contributed by atoms with Crippen molar-refractivity contribution in [3.8, 4) is 0 Å². The number of methoxy groups -OCH3 is 1. The monoisotopic (exact) mass is 457 g/mol. The molecular weight excluding hydrogens is 426 g/mol. The zero-order chi connectivity index (χ0) is 22.7. The lowest BCUT2D eigenvalue weighted by Crippen LogP contribution is -2.74. The fourth-order valence-electron chi connectivity index (χ4n) is 4.97. The van der Waals surface area contributed by atoms with Gasteiger partial charge in [-0.1, -0.05) is 60.7 Å². The molecule has 8 heteroatoms. The maximum Gasteiger partial charge on any atom is 0.189 e. The Morgan fingerprint density at radius 3 is 2.36 bits per heavy atom. The van der Waals surface area contributed by atoms with Crippen LogP contribution >= 0.6 is 0 Å². The number of morpholine rings is 1. The van der Waals surface area contributed by atoms with Gasteiger partial charge >= 0.3 is 0 Å². The second kappa shape index (κ2) is 10.2. The third kappa shape index (κ3) is 4.84. The standard InChI is InChI=1S/C25H31NO7/c1-28-25-23(30-16-18-8-4-2-5-9-18)21(26(27)12-14-29-15-13-26)22-20(32-25)17-31-24(33-22)19-10-6-3-7-11-19/h2-11,20-25H,12-17H2,1H3/t20-,21-,22-,23+,24?,25+/m1/s1. The van der Waals surface area contributed by atoms with Crippen LogP contribution in [0.25, 0.3) is 0 Å². The molecule has 0 bridgehead atoms. The van der Waals surface area contributed by atoms with Crippen molar-refractivity contribution in [2.45, 2.75) is 43.5 Å². The zero-order valence-electron chi connectivity index (χ0n) is 18.8. The minimum absolute atomic E-state index is 0.308. The summed E-state index contributed by atoms with van der Waals surface area (Å²) < 4.78 is 35.7. The van der Waals surface area contributed by atoms with E-state index in [1.165, 1.54) is 0 Å². The molecule has 2 aromatic rings. The SMILES string of the molecule is CO[C@H]1O[C@@H]2COC(c3ccccc3)O[C@H]2[C@@H]([N+]2([O-])CCOCC2)[C@@H]1OCc1ccccc1. The Labute approximate surface area is 194 Å². The molecule has 2 aromatic carbocycles. The molecule has 0 saturated carbocycles. The zero-order valence-corrected chi connectivity index (χ0v) is 18.8. The molecule has 0 aliphatic carbocycles. The van der Waals surface area contributed by atoms with Gasteiger partial charge in [-0.3, -0.25) is 0 Å². The number of benzene rings is 2. The Balaban J connectivity index is 1.45. The van der Waals surface area contributed by atoms with Crippen LogP contribution in [0.1, 0.15) is 17.4 Å². The van der Waals surface area contributed by atoms with Crippen LogP contribution < -0.4 is 0 Å². The molecule has 8 nitrogen and oxygen atoms in total. The Hall–Kier alpha value is -1.88. The quantitative estimate of drug-likeness (QED) is 0.488. The number of quaternary nitrogens is 1. The van der Waals surface area contributed by atoms with Crippen LogP contribution in [0.2, 0.25) is 0 Å². The largest absolute Gasteiger partial charge is 0.632 e. The van der Waals surface area contributed by atoms with E-state index in [2.05, 4.69) is 0 Å². The van der Waals surface area contributed by atoms with Gasteiger partial charge in [0.15, 0.2) is 18.7 Å². The predicted octanol–water partition coefficient (Wildman–Crippen LogP) is 2.77. The topological polar surface area (TPSA) is 78.4 Å². The van der Waals surface area contributed by atoms with Crippen molar-refractivity contribution in [1.29, 1.82) is 0 Å². The smallest absolute Gasteiger partial charge is 0.189 e. The summed E-state index contributed by atoms with van der Waals surface area (Å²) in [6.45, 7) is 2.12. The van der Waals surface area contributed by atoms with E-state index < -0.39 is 41.6 Å². The summed E-state index contributed by atoms with van der Waals surface area (Å²) in [5, 5.41) is 14.2. The van der Waals surface area contributed by atoms with Gasteiger partial charge in [-0.2, -0.15) is 0 Å². The van der Waals surface area contributed by atoms with E-state index in [0.29, 0.717) is 39.5 Å². The summed E-state index contributed by atoms with van der Waals surface area (Å²) in [4.78, 5) is 0. The summed E-state index contributed by atoms with van der Waals surface area (Å²) in [7, 11) is 1.58. The molecular formula is C25H31NO7. The molecule has 6 atom stereocenters. The summed E-state index contributed by atoms with van der Waals surface area (Å²) in [5.74, 6) is 0. The van der Waals surface area contributed by atoms with Crippen molar-refractivity contribution >= 4 is 0 Å². The summed E-state index contributed by atoms with van der Waals surface area (Å²) >= 11 is 0. The molecule has 3 saturated heterocycles. The maximum atomic E-state index is 14.2. The van der Waals surface area contributed by atoms with E-state index in [4.69, 9.17) is 28.4 Å². The van der Waals surface area contributed by atoms with Gasteiger partial charge in [0, 0.05) is 12.7 Å². The summed E-state index contributed by atoms with van der Waals surface area (Å²) in [6, 6.07) is 19.1. The second-order valence-electron chi connectivity index (χ2n) is 8.72. The van der Waals surface area contributed by atoms with Gasteiger partial charge in [-0.05, 0) is 5.56 Å². The highest BCUT2D eigenvalue weighted by molar-refractivity contribution is 5.17. The molecule has 3 heterocycles. The van der Waals surface area contributed by atoms with Crippen molar-refractivity contribution in [2.24, 2.45) is 0 Å². The lowest BCUT2D eigenvalue weighted by Gasteiger charge is -2.59. The number of hydroxylamine groups is 3. The molecule has 0 radical (unpaired) electrons. The molecule has 3 aliphatic heterocycles. The number of nitrogens with zero attached hydrogens (tertiary/aromatic N) is 1. The molecule has 178 valence electrons. The van der Waals surface area contributed by atoms with Crippen LogP contribution in [0.15, 0.2) is 60.7 Å². The highest BCUT2D eigenvalue weighted by Gasteiger charge is 2.57. The van der Waals surface area contributed by atoms with E-state index in [9.17, 15) is 5.21 Å². The number of hydrogen-bond donors (Lipinski definition) is 0. The molecule has 0 N–H and O–H groups in total. The van der Waals surface area contributed by atoms with Crippen LogP contribution in [0.5, 0.6) is 0 Å². The minimum Gasteiger partial charge on any atom is -0.632 e. The van der Waals surface area contributed by atoms with Crippen molar-refractivity contribution in [1.82, 2.24) is 0 Å². The van der Waals surface area contributed by atoms with Gasteiger partial charge in [-0.15, -0.1) is 0 Å². The van der Waals surface area contributed by atoms with Crippen LogP contribution in [-0.4, -0.2) is 75.3 Å². The third-order valence-corrected chi connectivity index (χ3v) is 6.67. The fourth-order valence-corrected chi connectivity index (χ4v) is 4.97. The number of fused-ring (bicyclic) bond motifs is 1. The predicted molar refractivity (Wildman–Crippen MR) is 119 cm³/mol. The van der Waals surface area contributed by atoms with Crippen LogP contribution in [0.4, 0.5) is 0 Å². The lowest BCUT2D eigenvalue weighted by atomic mass is 9.92. The van der Waals surface area contributed by atoms with Gasteiger partial charge in [0.25, 0.3) is 0 Å². The van der Waals surface area contributed by atoms with Crippen LogP contribution in [0.3, 0.4) is 0 Å². The van der Waals surface area contributed by atoms with Gasteiger partial charge in [-0.25, -0.2) is 0 Å². The van der Waals surface area contributed by atoms with Gasteiger partial charge in [0.2, 0.25) is 0 Å². The van der Waals surface area contributed by atoms with Gasteiger partial charge in [0.1, 0.15) is 31.3 Å². The lowest BCUT2D eigenvalue weighted by molar-refractivity contribution is -0.924. The van der Waals surface area contributed by atoms with Crippen LogP contribution in [0, 0.1) is 5.21 Å². The van der Waals surface area contributed by atoms with Crippen LogP contribution in [-0.2, 0) is 35.0 Å². The van der Waals surface area contributed by atoms with Gasteiger partial charge < -0.3 is 38.3 Å². The molecule has 3 fully saturated rings. The van der Waals surface area contributed by atoms with Crippen molar-refractivity contribution < 1.29 is 33.1 Å². The number of rotatable bonds is 6. The minimum atomic E-state index is -0.702. The number of hydrogen-bond acceptors (Lipinski definition) is 7. The van der Waals surface area contributed by atoms with E-state index in [-0.39, 0.29) is 0 Å². The van der Waals surface area contributed by atoms with E-state index in [1.54, 1.807) is 7.11 Å². The molecule has 3 aliphatic rings. The summed E-state index contributed by atoms with van der Waals surface area (Å²) in [6.07, 6.45) is -2.82. The first-order valence-electron chi connectivity index (χ1n) is 11.5. The molecule has 1 unspecified atom stereocenters. The normalized spacial score (nSPS) is 33.9. The van der Waals surface area contributed by atoms with Crippen molar-refractivity contribution in [2.75, 3.05) is 40.0 Å². The average Bonchev–Trinajstić information content (AvgIpc) is 2.87. The first-order valence-corrected chi connectivity index (χ1v) is 11.5. The van der Waals surface area contributed by atoms with Crippen molar-refractivity contribution in [3.05, 3.63) is 77.0 Å².